The molecule has 2 aromatic rings. The van der Waals surface area contributed by atoms with Crippen molar-refractivity contribution < 1.29 is 9.53 Å². The zero-order valence-corrected chi connectivity index (χ0v) is 13.2. The van der Waals surface area contributed by atoms with Crippen LogP contribution in [0.3, 0.4) is 0 Å². The summed E-state index contributed by atoms with van der Waals surface area (Å²) in [5, 5.41) is 2.98. The summed E-state index contributed by atoms with van der Waals surface area (Å²) in [4.78, 5) is 12.0. The molecule has 0 aliphatic carbocycles. The van der Waals surface area contributed by atoms with E-state index < -0.39 is 0 Å². The minimum absolute atomic E-state index is 0.0420. The van der Waals surface area contributed by atoms with Gasteiger partial charge in [0.15, 0.2) is 6.61 Å². The van der Waals surface area contributed by atoms with E-state index in [4.69, 9.17) is 4.74 Å². The average Bonchev–Trinajstić information content (AvgIpc) is 2.59. The lowest BCUT2D eigenvalue weighted by molar-refractivity contribution is -0.123. The van der Waals surface area contributed by atoms with E-state index in [1.165, 1.54) is 0 Å². The van der Waals surface area contributed by atoms with E-state index in [-0.39, 0.29) is 18.6 Å². The van der Waals surface area contributed by atoms with Crippen molar-refractivity contribution in [2.75, 3.05) is 6.61 Å². The molecule has 1 amide bonds. The maximum absolute atomic E-state index is 12.0. The third kappa shape index (κ3) is 4.35. The number of para-hydroxylation sites is 1. The molecule has 0 aromatic heterocycles. The second kappa shape index (κ2) is 8.23. The van der Waals surface area contributed by atoms with Crippen molar-refractivity contribution in [3.05, 3.63) is 54.6 Å². The molecule has 0 aliphatic heterocycles. The standard InChI is InChI=1S/C19H23NO2/c1-3-16(4-2)20-19(21)14-22-18-13-9-8-12-17(18)15-10-6-5-7-11-15/h5-13,16H,3-4,14H2,1-2H3,(H,20,21). The van der Waals surface area contributed by atoms with Crippen LogP contribution in [0.2, 0.25) is 0 Å². The smallest absolute Gasteiger partial charge is 0.258 e. The maximum atomic E-state index is 12.0. The van der Waals surface area contributed by atoms with Crippen molar-refractivity contribution in [2.45, 2.75) is 32.7 Å². The maximum Gasteiger partial charge on any atom is 0.258 e. The predicted octanol–water partition coefficient (Wildman–Crippen LogP) is 4.04. The molecule has 0 saturated heterocycles. The molecular weight excluding hydrogens is 274 g/mol. The van der Waals surface area contributed by atoms with Gasteiger partial charge >= 0.3 is 0 Å². The van der Waals surface area contributed by atoms with Gasteiger partial charge in [-0.3, -0.25) is 4.79 Å². The first-order valence-electron chi connectivity index (χ1n) is 7.81. The zero-order valence-electron chi connectivity index (χ0n) is 13.2. The van der Waals surface area contributed by atoms with Gasteiger partial charge in [-0.2, -0.15) is 0 Å². The lowest BCUT2D eigenvalue weighted by Gasteiger charge is -2.16. The van der Waals surface area contributed by atoms with Gasteiger partial charge in [-0.25, -0.2) is 0 Å². The summed E-state index contributed by atoms with van der Waals surface area (Å²) in [6, 6.07) is 18.0. The summed E-state index contributed by atoms with van der Waals surface area (Å²) in [6.07, 6.45) is 1.87. The minimum Gasteiger partial charge on any atom is -0.483 e. The molecule has 116 valence electrons. The topological polar surface area (TPSA) is 38.3 Å². The first-order valence-corrected chi connectivity index (χ1v) is 7.81. The van der Waals surface area contributed by atoms with Gasteiger partial charge in [-0.15, -0.1) is 0 Å². The Bertz CT molecular complexity index is 591. The molecule has 0 aliphatic rings. The number of amides is 1. The monoisotopic (exact) mass is 297 g/mol. The molecule has 0 unspecified atom stereocenters. The van der Waals surface area contributed by atoms with Crippen LogP contribution < -0.4 is 10.1 Å². The Labute approximate surface area is 132 Å². The summed E-state index contributed by atoms with van der Waals surface area (Å²) < 4.78 is 5.73. The molecule has 3 nitrogen and oxygen atoms in total. The highest BCUT2D eigenvalue weighted by molar-refractivity contribution is 5.78. The van der Waals surface area contributed by atoms with Crippen molar-refractivity contribution in [1.82, 2.24) is 5.32 Å². The van der Waals surface area contributed by atoms with Crippen LogP contribution in [0.25, 0.3) is 11.1 Å². The van der Waals surface area contributed by atoms with E-state index in [1.807, 2.05) is 54.6 Å². The third-order valence-corrected chi connectivity index (χ3v) is 3.68. The second-order valence-electron chi connectivity index (χ2n) is 5.23. The summed E-state index contributed by atoms with van der Waals surface area (Å²) in [5.74, 6) is 0.657. The van der Waals surface area contributed by atoms with E-state index in [2.05, 4.69) is 19.2 Å². The lowest BCUT2D eigenvalue weighted by Crippen LogP contribution is -2.37. The summed E-state index contributed by atoms with van der Waals surface area (Å²) >= 11 is 0. The van der Waals surface area contributed by atoms with Crippen molar-refractivity contribution >= 4 is 5.91 Å². The fraction of sp³-hybridized carbons (Fsp3) is 0.316. The highest BCUT2D eigenvalue weighted by atomic mass is 16.5. The number of rotatable bonds is 7. The number of nitrogens with one attached hydrogen (secondary N) is 1. The van der Waals surface area contributed by atoms with E-state index in [0.29, 0.717) is 0 Å². The molecule has 1 N–H and O–H groups in total. The van der Waals surface area contributed by atoms with Crippen molar-refractivity contribution in [3.8, 4) is 16.9 Å². The van der Waals surface area contributed by atoms with Crippen LogP contribution in [0.4, 0.5) is 0 Å². The van der Waals surface area contributed by atoms with Gasteiger partial charge in [-0.05, 0) is 24.5 Å². The lowest BCUT2D eigenvalue weighted by atomic mass is 10.1. The zero-order chi connectivity index (χ0) is 15.8. The van der Waals surface area contributed by atoms with Crippen molar-refractivity contribution in [3.63, 3.8) is 0 Å². The quantitative estimate of drug-likeness (QED) is 0.837. The van der Waals surface area contributed by atoms with Crippen molar-refractivity contribution in [1.29, 1.82) is 0 Å². The van der Waals surface area contributed by atoms with Crippen LogP contribution in [0.1, 0.15) is 26.7 Å². The van der Waals surface area contributed by atoms with Crippen LogP contribution in [0, 0.1) is 0 Å². The molecular formula is C19H23NO2. The summed E-state index contributed by atoms with van der Waals surface area (Å²) in [7, 11) is 0. The van der Waals surface area contributed by atoms with E-state index >= 15 is 0 Å². The first-order chi connectivity index (χ1) is 10.7. The normalized spacial score (nSPS) is 10.5. The summed E-state index contributed by atoms with van der Waals surface area (Å²) in [5.41, 5.74) is 2.08. The van der Waals surface area contributed by atoms with E-state index in [0.717, 1.165) is 29.7 Å². The molecule has 0 fully saturated rings. The van der Waals surface area contributed by atoms with Crippen LogP contribution in [0.15, 0.2) is 54.6 Å². The molecule has 0 saturated carbocycles. The van der Waals surface area contributed by atoms with Gasteiger partial charge < -0.3 is 10.1 Å². The fourth-order valence-electron chi connectivity index (χ4n) is 2.35. The Morgan fingerprint density at radius 2 is 1.64 bits per heavy atom. The highest BCUT2D eigenvalue weighted by Crippen LogP contribution is 2.29. The van der Waals surface area contributed by atoms with Crippen molar-refractivity contribution in [2.24, 2.45) is 0 Å². The Morgan fingerprint density at radius 3 is 2.32 bits per heavy atom. The van der Waals surface area contributed by atoms with Gasteiger partial charge in [0.1, 0.15) is 5.75 Å². The fourth-order valence-corrected chi connectivity index (χ4v) is 2.35. The molecule has 2 rings (SSSR count). The molecule has 22 heavy (non-hydrogen) atoms. The Kier molecular flexibility index (Phi) is 6.01. The molecule has 0 spiro atoms. The van der Waals surface area contributed by atoms with Crippen LogP contribution in [-0.2, 0) is 4.79 Å². The molecule has 0 heterocycles. The predicted molar refractivity (Wildman–Crippen MR) is 89.9 cm³/mol. The van der Waals surface area contributed by atoms with Crippen LogP contribution >= 0.6 is 0 Å². The highest BCUT2D eigenvalue weighted by Gasteiger charge is 2.11. The Hall–Kier alpha value is -2.29. The number of ether oxygens (including phenoxy) is 1. The number of hydrogen-bond acceptors (Lipinski definition) is 2. The van der Waals surface area contributed by atoms with Gasteiger partial charge in [0.25, 0.3) is 5.91 Å². The van der Waals surface area contributed by atoms with Gasteiger partial charge in [0.05, 0.1) is 0 Å². The molecule has 2 aromatic carbocycles. The van der Waals surface area contributed by atoms with Gasteiger partial charge in [-0.1, -0.05) is 62.4 Å². The van der Waals surface area contributed by atoms with E-state index in [9.17, 15) is 4.79 Å². The molecule has 3 heteroatoms. The van der Waals surface area contributed by atoms with E-state index in [1.54, 1.807) is 0 Å². The SMILES string of the molecule is CCC(CC)NC(=O)COc1ccccc1-c1ccccc1. The molecule has 0 radical (unpaired) electrons. The number of carbonyl (C=O) groups is 1. The van der Waals surface area contributed by atoms with Gasteiger partial charge in [0.2, 0.25) is 0 Å². The Morgan fingerprint density at radius 1 is 1.00 bits per heavy atom. The van der Waals surface area contributed by atoms with Gasteiger partial charge in [0, 0.05) is 11.6 Å². The summed E-state index contributed by atoms with van der Waals surface area (Å²) in [6.45, 7) is 4.18. The molecule has 0 atom stereocenters. The Balaban J connectivity index is 2.03. The first kappa shape index (κ1) is 16.1. The molecule has 0 bridgehead atoms. The number of benzene rings is 2. The number of hydrogen-bond donors (Lipinski definition) is 1. The second-order valence-corrected chi connectivity index (χ2v) is 5.23. The minimum atomic E-state index is -0.0726. The average molecular weight is 297 g/mol. The number of carbonyl (C=O) groups excluding carboxylic acids is 1. The largest absolute Gasteiger partial charge is 0.483 e. The van der Waals surface area contributed by atoms with Crippen LogP contribution in [-0.4, -0.2) is 18.6 Å². The van der Waals surface area contributed by atoms with Crippen LogP contribution in [0.5, 0.6) is 5.75 Å². The third-order valence-electron chi connectivity index (χ3n) is 3.68.